The first-order valence-electron chi connectivity index (χ1n) is 8.21. The summed E-state index contributed by atoms with van der Waals surface area (Å²) >= 11 is 0. The first kappa shape index (κ1) is 15.1. The summed E-state index contributed by atoms with van der Waals surface area (Å²) in [6, 6.07) is 9.00. The number of hydrogen-bond donors (Lipinski definition) is 1. The molecule has 2 aliphatic carbocycles. The molecule has 116 valence electrons. The number of fused-ring (bicyclic) bond motifs is 2. The van der Waals surface area contributed by atoms with Crippen LogP contribution in [0.1, 0.15) is 44.7 Å². The van der Waals surface area contributed by atoms with Crippen molar-refractivity contribution in [1.29, 1.82) is 0 Å². The minimum Gasteiger partial charge on any atom is -0.391 e. The van der Waals surface area contributed by atoms with Gasteiger partial charge in [-0.3, -0.25) is 4.90 Å². The molecule has 0 amide bonds. The molecule has 0 unspecified atom stereocenters. The summed E-state index contributed by atoms with van der Waals surface area (Å²) in [5.74, 6) is 0.604. The van der Waals surface area contributed by atoms with Gasteiger partial charge in [0.25, 0.3) is 0 Å². The van der Waals surface area contributed by atoms with Crippen LogP contribution in [0, 0.1) is 23.7 Å². The molecule has 2 saturated carbocycles. The molecule has 2 aliphatic rings. The molecule has 4 atom stereocenters. The predicted octanol–water partition coefficient (Wildman–Crippen LogP) is 3.61. The van der Waals surface area contributed by atoms with E-state index in [4.69, 9.17) is 0 Å². The summed E-state index contributed by atoms with van der Waals surface area (Å²) in [7, 11) is 2.18. The molecule has 2 nitrogen and oxygen atoms in total. The largest absolute Gasteiger partial charge is 0.391 e. The van der Waals surface area contributed by atoms with Crippen molar-refractivity contribution in [2.75, 3.05) is 7.05 Å². The van der Waals surface area contributed by atoms with E-state index >= 15 is 0 Å². The highest BCUT2D eigenvalue weighted by atomic mass is 16.3. The minimum atomic E-state index is -0.207. The van der Waals surface area contributed by atoms with Crippen LogP contribution >= 0.6 is 0 Å². The summed E-state index contributed by atoms with van der Waals surface area (Å²) in [5.41, 5.74) is 2.96. The zero-order chi connectivity index (χ0) is 15.4. The van der Waals surface area contributed by atoms with Gasteiger partial charge in [0, 0.05) is 18.0 Å². The van der Waals surface area contributed by atoms with Gasteiger partial charge in [0.05, 0.1) is 6.10 Å². The Morgan fingerprint density at radius 3 is 2.57 bits per heavy atom. The average Bonchev–Trinajstić information content (AvgIpc) is 2.70. The maximum absolute atomic E-state index is 10.9. The third-order valence-electron chi connectivity index (χ3n) is 6.79. The first-order chi connectivity index (χ1) is 9.77. The third-order valence-corrected chi connectivity index (χ3v) is 6.79. The molecule has 0 aliphatic heterocycles. The zero-order valence-corrected chi connectivity index (χ0v) is 14.1. The number of nitrogens with zero attached hydrogens (tertiary/aromatic N) is 1. The Hall–Kier alpha value is -0.860. The molecule has 0 saturated heterocycles. The summed E-state index contributed by atoms with van der Waals surface area (Å²) in [4.78, 5) is 2.39. The van der Waals surface area contributed by atoms with E-state index in [1.165, 1.54) is 24.0 Å². The Balaban J connectivity index is 1.82. The monoisotopic (exact) mass is 287 g/mol. The Kier molecular flexibility index (Phi) is 3.46. The SMILES string of the molecule is Cc1cccc(CN(C)[C@@H]2[C@H]3CC[C@@](C)([C@@H]2O)C3(C)C)c1. The second-order valence-electron chi connectivity index (χ2n) is 8.12. The molecule has 1 aromatic carbocycles. The third kappa shape index (κ3) is 2.07. The maximum atomic E-state index is 10.9. The van der Waals surface area contributed by atoms with Gasteiger partial charge < -0.3 is 5.11 Å². The minimum absolute atomic E-state index is 0.0726. The summed E-state index contributed by atoms with van der Waals surface area (Å²) < 4.78 is 0. The molecule has 3 rings (SSSR count). The number of aliphatic hydroxyl groups excluding tert-OH is 1. The van der Waals surface area contributed by atoms with Gasteiger partial charge in [-0.1, -0.05) is 50.6 Å². The van der Waals surface area contributed by atoms with Crippen LogP contribution in [0.25, 0.3) is 0 Å². The van der Waals surface area contributed by atoms with Crippen molar-refractivity contribution in [3.05, 3.63) is 35.4 Å². The summed E-state index contributed by atoms with van der Waals surface area (Å²) in [5, 5.41) is 10.9. The number of aryl methyl sites for hydroxylation is 1. The first-order valence-corrected chi connectivity index (χ1v) is 8.21. The molecule has 0 aromatic heterocycles. The van der Waals surface area contributed by atoms with Crippen LogP contribution in [-0.4, -0.2) is 29.2 Å². The lowest BCUT2D eigenvalue weighted by Crippen LogP contribution is -2.47. The lowest BCUT2D eigenvalue weighted by molar-refractivity contribution is -0.0264. The predicted molar refractivity (Wildman–Crippen MR) is 87.1 cm³/mol. The topological polar surface area (TPSA) is 23.5 Å². The van der Waals surface area contributed by atoms with Crippen molar-refractivity contribution in [1.82, 2.24) is 4.90 Å². The van der Waals surface area contributed by atoms with Crippen LogP contribution in [0.5, 0.6) is 0 Å². The van der Waals surface area contributed by atoms with Crippen LogP contribution < -0.4 is 0 Å². The van der Waals surface area contributed by atoms with E-state index in [0.717, 1.165) is 6.54 Å². The average molecular weight is 287 g/mol. The molecular formula is C19H29NO. The highest BCUT2D eigenvalue weighted by molar-refractivity contribution is 5.23. The number of hydrogen-bond acceptors (Lipinski definition) is 2. The van der Waals surface area contributed by atoms with Crippen LogP contribution in [0.4, 0.5) is 0 Å². The smallest absolute Gasteiger partial charge is 0.0756 e. The molecule has 1 N–H and O–H groups in total. The quantitative estimate of drug-likeness (QED) is 0.918. The second kappa shape index (κ2) is 4.82. The van der Waals surface area contributed by atoms with Gasteiger partial charge in [-0.25, -0.2) is 0 Å². The zero-order valence-electron chi connectivity index (χ0n) is 14.1. The molecule has 2 fully saturated rings. The van der Waals surface area contributed by atoms with Crippen molar-refractivity contribution in [2.45, 2.75) is 59.2 Å². The lowest BCUT2D eigenvalue weighted by Gasteiger charge is -2.39. The fourth-order valence-electron chi connectivity index (χ4n) is 5.04. The van der Waals surface area contributed by atoms with Gasteiger partial charge in [0.15, 0.2) is 0 Å². The molecular weight excluding hydrogens is 258 g/mol. The van der Waals surface area contributed by atoms with E-state index < -0.39 is 0 Å². The van der Waals surface area contributed by atoms with Crippen molar-refractivity contribution in [3.63, 3.8) is 0 Å². The maximum Gasteiger partial charge on any atom is 0.0756 e. The van der Waals surface area contributed by atoms with Crippen molar-refractivity contribution in [2.24, 2.45) is 16.7 Å². The highest BCUT2D eigenvalue weighted by Gasteiger charge is 2.66. The number of benzene rings is 1. The van der Waals surface area contributed by atoms with E-state index in [0.29, 0.717) is 12.0 Å². The lowest BCUT2D eigenvalue weighted by atomic mass is 9.70. The fraction of sp³-hybridized carbons (Fsp3) is 0.684. The van der Waals surface area contributed by atoms with E-state index in [1.54, 1.807) is 0 Å². The highest BCUT2D eigenvalue weighted by Crippen LogP contribution is 2.66. The van der Waals surface area contributed by atoms with E-state index in [-0.39, 0.29) is 16.9 Å². The van der Waals surface area contributed by atoms with Gasteiger partial charge in [-0.2, -0.15) is 0 Å². The van der Waals surface area contributed by atoms with Gasteiger partial charge in [-0.05, 0) is 43.7 Å². The Morgan fingerprint density at radius 2 is 2.00 bits per heavy atom. The van der Waals surface area contributed by atoms with Crippen molar-refractivity contribution in [3.8, 4) is 0 Å². The van der Waals surface area contributed by atoms with Crippen molar-refractivity contribution >= 4 is 0 Å². The van der Waals surface area contributed by atoms with Gasteiger partial charge in [0.2, 0.25) is 0 Å². The summed E-state index contributed by atoms with van der Waals surface area (Å²) in [6.45, 7) is 10.1. The van der Waals surface area contributed by atoms with E-state index in [2.05, 4.69) is 63.9 Å². The number of likely N-dealkylation sites (N-methyl/N-ethyl adjacent to an activating group) is 1. The summed E-state index contributed by atoms with van der Waals surface area (Å²) in [6.07, 6.45) is 2.21. The fourth-order valence-corrected chi connectivity index (χ4v) is 5.04. The second-order valence-corrected chi connectivity index (χ2v) is 8.12. The van der Waals surface area contributed by atoms with Gasteiger partial charge in [0.1, 0.15) is 0 Å². The van der Waals surface area contributed by atoms with E-state index in [1.807, 2.05) is 0 Å². The molecule has 2 bridgehead atoms. The normalized spacial score (nSPS) is 37.4. The van der Waals surface area contributed by atoms with Crippen LogP contribution in [-0.2, 0) is 6.54 Å². The van der Waals surface area contributed by atoms with Crippen molar-refractivity contribution < 1.29 is 5.11 Å². The standard InChI is InChI=1S/C19H29NO/c1-13-7-6-8-14(11-13)12-20(5)16-15-9-10-19(4,17(16)21)18(15,2)3/h6-8,11,15-17,21H,9-10,12H2,1-5H3/t15-,16-,17-,19+/m1/s1. The molecule has 0 heterocycles. The van der Waals surface area contributed by atoms with Gasteiger partial charge in [-0.15, -0.1) is 0 Å². The van der Waals surface area contributed by atoms with E-state index in [9.17, 15) is 5.11 Å². The van der Waals surface area contributed by atoms with Crippen LogP contribution in [0.15, 0.2) is 24.3 Å². The molecule has 0 radical (unpaired) electrons. The van der Waals surface area contributed by atoms with Gasteiger partial charge >= 0.3 is 0 Å². The molecule has 21 heavy (non-hydrogen) atoms. The Bertz CT molecular complexity index is 538. The molecule has 2 heteroatoms. The number of aliphatic hydroxyl groups is 1. The molecule has 0 spiro atoms. The Labute approximate surface area is 129 Å². The Morgan fingerprint density at radius 1 is 1.29 bits per heavy atom. The number of rotatable bonds is 3. The molecule has 1 aromatic rings. The van der Waals surface area contributed by atoms with Crippen LogP contribution in [0.3, 0.4) is 0 Å². The van der Waals surface area contributed by atoms with Crippen LogP contribution in [0.2, 0.25) is 0 Å².